The van der Waals surface area contributed by atoms with Crippen LogP contribution in [0.3, 0.4) is 0 Å². The number of nitrogens with zero attached hydrogens (tertiary/aromatic N) is 4. The molecule has 6 heteroatoms. The lowest BCUT2D eigenvalue weighted by atomic mass is 9.96. The summed E-state index contributed by atoms with van der Waals surface area (Å²) in [6.07, 6.45) is 1.11. The Hall–Kier alpha value is -2.44. The quantitative estimate of drug-likeness (QED) is 0.570. The van der Waals surface area contributed by atoms with Crippen LogP contribution in [0.2, 0.25) is 0 Å². The molecule has 1 atom stereocenters. The van der Waals surface area contributed by atoms with Crippen molar-refractivity contribution >= 4 is 17.5 Å². The highest BCUT2D eigenvalue weighted by Crippen LogP contribution is 2.32. The lowest BCUT2D eigenvalue weighted by Gasteiger charge is -2.40. The molecular weight excluding hydrogens is 380 g/mol. The highest BCUT2D eigenvalue weighted by molar-refractivity contribution is 6.99. The van der Waals surface area contributed by atoms with Gasteiger partial charge in [0.2, 0.25) is 5.82 Å². The monoisotopic (exact) mass is 408 g/mol. The van der Waals surface area contributed by atoms with Crippen LogP contribution in [0.5, 0.6) is 5.88 Å². The highest BCUT2D eigenvalue weighted by atomic mass is 32.1. The first kappa shape index (κ1) is 19.9. The maximum absolute atomic E-state index is 5.98. The summed E-state index contributed by atoms with van der Waals surface area (Å²) in [7, 11) is 0. The van der Waals surface area contributed by atoms with Crippen molar-refractivity contribution in [2.45, 2.75) is 32.4 Å². The van der Waals surface area contributed by atoms with Crippen LogP contribution >= 0.6 is 11.7 Å². The summed E-state index contributed by atoms with van der Waals surface area (Å²) in [6, 6.07) is 21.8. The molecule has 2 aromatic carbocycles. The molecule has 0 N–H and O–H groups in total. The number of aromatic nitrogens is 2. The Morgan fingerprint density at radius 3 is 2.03 bits per heavy atom. The minimum absolute atomic E-state index is 0.152. The summed E-state index contributed by atoms with van der Waals surface area (Å²) < 4.78 is 14.9. The molecule has 0 spiro atoms. The Bertz CT molecular complexity index is 839. The van der Waals surface area contributed by atoms with Crippen molar-refractivity contribution in [2.75, 3.05) is 31.1 Å². The fourth-order valence-corrected chi connectivity index (χ4v) is 4.30. The molecule has 29 heavy (non-hydrogen) atoms. The first-order chi connectivity index (χ1) is 14.3. The van der Waals surface area contributed by atoms with E-state index in [0.717, 1.165) is 38.4 Å². The second-order valence-electron chi connectivity index (χ2n) is 7.48. The third-order valence-corrected chi connectivity index (χ3v) is 6.04. The van der Waals surface area contributed by atoms with E-state index in [4.69, 9.17) is 4.74 Å². The Balaban J connectivity index is 1.50. The van der Waals surface area contributed by atoms with Gasteiger partial charge in [0.15, 0.2) is 0 Å². The molecule has 0 amide bonds. The fraction of sp³-hybridized carbons (Fsp3) is 0.391. The summed E-state index contributed by atoms with van der Waals surface area (Å²) in [5, 5.41) is 0. The third-order valence-electron chi connectivity index (χ3n) is 5.54. The molecule has 1 unspecified atom stereocenters. The van der Waals surface area contributed by atoms with Gasteiger partial charge >= 0.3 is 0 Å². The van der Waals surface area contributed by atoms with E-state index >= 15 is 0 Å². The van der Waals surface area contributed by atoms with E-state index in [1.54, 1.807) is 0 Å². The normalized spacial score (nSPS) is 16.2. The molecule has 0 bridgehead atoms. The number of hydrogen-bond donors (Lipinski definition) is 0. The van der Waals surface area contributed by atoms with Crippen LogP contribution in [0.15, 0.2) is 60.7 Å². The van der Waals surface area contributed by atoms with Gasteiger partial charge in [0.1, 0.15) is 0 Å². The van der Waals surface area contributed by atoms with Gasteiger partial charge in [0.05, 0.1) is 23.9 Å². The van der Waals surface area contributed by atoms with Gasteiger partial charge in [-0.2, -0.15) is 4.37 Å². The summed E-state index contributed by atoms with van der Waals surface area (Å²) in [4.78, 5) is 4.88. The predicted octanol–water partition coefficient (Wildman–Crippen LogP) is 4.63. The van der Waals surface area contributed by atoms with E-state index in [1.165, 1.54) is 22.9 Å². The zero-order chi connectivity index (χ0) is 20.1. The average Bonchev–Trinajstić information content (AvgIpc) is 3.24. The molecule has 0 saturated carbocycles. The summed E-state index contributed by atoms with van der Waals surface area (Å²) in [5.41, 5.74) is 2.67. The van der Waals surface area contributed by atoms with E-state index in [-0.39, 0.29) is 12.1 Å². The van der Waals surface area contributed by atoms with Crippen molar-refractivity contribution in [1.82, 2.24) is 13.6 Å². The van der Waals surface area contributed by atoms with Crippen LogP contribution in [0.1, 0.15) is 37.4 Å². The molecule has 1 aliphatic heterocycles. The van der Waals surface area contributed by atoms with Crippen molar-refractivity contribution in [3.63, 3.8) is 0 Å². The molecular formula is C23H28N4OS. The second kappa shape index (κ2) is 9.37. The van der Waals surface area contributed by atoms with E-state index in [9.17, 15) is 0 Å². The lowest BCUT2D eigenvalue weighted by Crippen LogP contribution is -2.48. The molecule has 1 saturated heterocycles. The minimum atomic E-state index is 0.152. The van der Waals surface area contributed by atoms with Gasteiger partial charge in [0.25, 0.3) is 5.88 Å². The summed E-state index contributed by atoms with van der Waals surface area (Å²) in [6.45, 7) is 7.96. The highest BCUT2D eigenvalue weighted by Gasteiger charge is 2.29. The Morgan fingerprint density at radius 2 is 1.48 bits per heavy atom. The third kappa shape index (κ3) is 4.60. The molecule has 0 aliphatic carbocycles. The van der Waals surface area contributed by atoms with E-state index in [1.807, 2.05) is 0 Å². The van der Waals surface area contributed by atoms with Crippen LogP contribution in [0.25, 0.3) is 0 Å². The first-order valence-corrected chi connectivity index (χ1v) is 11.1. The Morgan fingerprint density at radius 1 is 0.897 bits per heavy atom. The number of piperazine rings is 1. The van der Waals surface area contributed by atoms with Gasteiger partial charge in [-0.1, -0.05) is 67.6 Å². The SMILES string of the molecule is CCC(C)Oc1nsnc1N1CCN(C(c2ccccc2)c2ccccc2)CC1. The average molecular weight is 409 g/mol. The molecule has 2 heterocycles. The van der Waals surface area contributed by atoms with Crippen LogP contribution in [0, 0.1) is 0 Å². The van der Waals surface area contributed by atoms with E-state index < -0.39 is 0 Å². The molecule has 4 rings (SSSR count). The van der Waals surface area contributed by atoms with Gasteiger partial charge in [-0.25, -0.2) is 0 Å². The molecule has 152 valence electrons. The second-order valence-corrected chi connectivity index (χ2v) is 8.01. The predicted molar refractivity (Wildman–Crippen MR) is 119 cm³/mol. The van der Waals surface area contributed by atoms with E-state index in [2.05, 4.69) is 93.1 Å². The largest absolute Gasteiger partial charge is 0.471 e. The molecule has 0 radical (unpaired) electrons. The fourth-order valence-electron chi connectivity index (χ4n) is 3.79. The van der Waals surface area contributed by atoms with Gasteiger partial charge in [-0.05, 0) is 24.5 Å². The summed E-state index contributed by atoms with van der Waals surface area (Å²) >= 11 is 1.23. The van der Waals surface area contributed by atoms with E-state index in [0.29, 0.717) is 5.88 Å². The van der Waals surface area contributed by atoms with Crippen molar-refractivity contribution < 1.29 is 4.74 Å². The number of benzene rings is 2. The molecule has 1 aliphatic rings. The smallest absolute Gasteiger partial charge is 0.271 e. The van der Waals surface area contributed by atoms with Crippen molar-refractivity contribution in [1.29, 1.82) is 0 Å². The van der Waals surface area contributed by atoms with Crippen molar-refractivity contribution in [3.8, 4) is 5.88 Å². The van der Waals surface area contributed by atoms with Gasteiger partial charge in [0, 0.05) is 26.2 Å². The van der Waals surface area contributed by atoms with Crippen molar-refractivity contribution in [3.05, 3.63) is 71.8 Å². The zero-order valence-electron chi connectivity index (χ0n) is 17.1. The standard InChI is InChI=1S/C23H28N4OS/c1-3-18(2)28-23-22(24-29-25-23)27-16-14-26(15-17-27)21(19-10-6-4-7-11-19)20-12-8-5-9-13-20/h4-13,18,21H,3,14-17H2,1-2H3. The van der Waals surface area contributed by atoms with Crippen LogP contribution in [-0.2, 0) is 0 Å². The minimum Gasteiger partial charge on any atom is -0.471 e. The molecule has 1 aromatic heterocycles. The van der Waals surface area contributed by atoms with Gasteiger partial charge in [-0.3, -0.25) is 4.90 Å². The molecule has 3 aromatic rings. The maximum Gasteiger partial charge on any atom is 0.271 e. The number of rotatable bonds is 7. The Labute approximate surface area is 177 Å². The topological polar surface area (TPSA) is 41.5 Å². The lowest BCUT2D eigenvalue weighted by molar-refractivity contribution is 0.202. The number of hydrogen-bond acceptors (Lipinski definition) is 6. The van der Waals surface area contributed by atoms with Gasteiger partial charge < -0.3 is 9.64 Å². The van der Waals surface area contributed by atoms with Crippen molar-refractivity contribution in [2.24, 2.45) is 0 Å². The molecule has 5 nitrogen and oxygen atoms in total. The first-order valence-electron chi connectivity index (χ1n) is 10.3. The van der Waals surface area contributed by atoms with Gasteiger partial charge in [-0.15, -0.1) is 4.37 Å². The summed E-state index contributed by atoms with van der Waals surface area (Å²) in [5.74, 6) is 1.58. The number of anilines is 1. The van der Waals surface area contributed by atoms with Crippen LogP contribution < -0.4 is 9.64 Å². The number of ether oxygens (including phenoxy) is 1. The molecule has 1 fully saturated rings. The zero-order valence-corrected chi connectivity index (χ0v) is 17.9. The van der Waals surface area contributed by atoms with Crippen LogP contribution in [0.4, 0.5) is 5.82 Å². The maximum atomic E-state index is 5.98. The van der Waals surface area contributed by atoms with Crippen LogP contribution in [-0.4, -0.2) is 45.9 Å². The Kier molecular flexibility index (Phi) is 6.42.